The topological polar surface area (TPSA) is 113 Å². The zero-order valence-corrected chi connectivity index (χ0v) is 17.9. The van der Waals surface area contributed by atoms with E-state index >= 15 is 0 Å². The zero-order chi connectivity index (χ0) is 19.7. The standard InChI is InChI=1S/C17H13ClIN5O3S/c18-11-13(27-17(7-19,15(11)25)23-24-20)10-6-28-14-12(10)21-8-22-16(14)26-9-4-2-1-3-5-9/h1-6,8,11,13,15,25H,7H2/t11-,13-,15-,17+/m0/s1. The first-order valence-electron chi connectivity index (χ1n) is 8.17. The lowest BCUT2D eigenvalue weighted by molar-refractivity contribution is -0.0594. The number of aliphatic hydroxyl groups is 1. The molecule has 1 aliphatic rings. The molecule has 1 N–H and O–H groups in total. The summed E-state index contributed by atoms with van der Waals surface area (Å²) in [6, 6.07) is 9.32. The predicted octanol–water partition coefficient (Wildman–Crippen LogP) is 4.96. The third-order valence-corrected chi connectivity index (χ3v) is 6.94. The highest BCUT2D eigenvalue weighted by Gasteiger charge is 2.54. The Morgan fingerprint density at radius 1 is 1.39 bits per heavy atom. The summed E-state index contributed by atoms with van der Waals surface area (Å²) in [6.45, 7) is 0. The molecule has 0 amide bonds. The first-order chi connectivity index (χ1) is 13.6. The van der Waals surface area contributed by atoms with Crippen LogP contribution in [0.1, 0.15) is 11.7 Å². The molecular weight excluding hydrogens is 517 g/mol. The highest BCUT2D eigenvalue weighted by Crippen LogP contribution is 2.48. The molecule has 1 aromatic carbocycles. The number of aromatic nitrogens is 2. The van der Waals surface area contributed by atoms with E-state index in [1.807, 2.05) is 58.3 Å². The summed E-state index contributed by atoms with van der Waals surface area (Å²) in [6.07, 6.45) is -0.432. The molecule has 8 nitrogen and oxygen atoms in total. The largest absolute Gasteiger partial charge is 0.437 e. The number of hydrogen-bond donors (Lipinski definition) is 1. The fourth-order valence-electron chi connectivity index (χ4n) is 3.02. The Hall–Kier alpha value is -1.69. The smallest absolute Gasteiger partial charge is 0.240 e. The number of alkyl halides is 2. The van der Waals surface area contributed by atoms with E-state index in [9.17, 15) is 5.11 Å². The van der Waals surface area contributed by atoms with Crippen LogP contribution in [0.5, 0.6) is 11.6 Å². The van der Waals surface area contributed by atoms with Gasteiger partial charge in [-0.2, -0.15) is 0 Å². The van der Waals surface area contributed by atoms with Gasteiger partial charge in [0, 0.05) is 14.9 Å². The van der Waals surface area contributed by atoms with Crippen molar-refractivity contribution >= 4 is 55.7 Å². The van der Waals surface area contributed by atoms with Crippen LogP contribution in [-0.2, 0) is 4.74 Å². The zero-order valence-electron chi connectivity index (χ0n) is 14.1. The van der Waals surface area contributed by atoms with Crippen molar-refractivity contribution in [2.45, 2.75) is 23.3 Å². The number of nitrogens with zero attached hydrogens (tertiary/aromatic N) is 5. The van der Waals surface area contributed by atoms with Gasteiger partial charge in [-0.15, -0.1) is 22.9 Å². The number of benzene rings is 1. The molecule has 1 fully saturated rings. The van der Waals surface area contributed by atoms with Gasteiger partial charge in [0.25, 0.3) is 0 Å². The number of para-hydroxylation sites is 1. The molecule has 1 aliphatic heterocycles. The summed E-state index contributed by atoms with van der Waals surface area (Å²) in [5.41, 5.74) is 8.78. The number of rotatable bonds is 5. The van der Waals surface area contributed by atoms with Crippen molar-refractivity contribution in [1.82, 2.24) is 9.97 Å². The molecule has 0 bridgehead atoms. The fraction of sp³-hybridized carbons (Fsp3) is 0.294. The molecule has 0 spiro atoms. The van der Waals surface area contributed by atoms with Gasteiger partial charge >= 0.3 is 0 Å². The van der Waals surface area contributed by atoms with Crippen LogP contribution in [0.3, 0.4) is 0 Å². The van der Waals surface area contributed by atoms with Crippen LogP contribution in [0.15, 0.2) is 47.2 Å². The minimum Gasteiger partial charge on any atom is -0.437 e. The van der Waals surface area contributed by atoms with Gasteiger partial charge in [-0.1, -0.05) is 45.9 Å². The Kier molecular flexibility index (Phi) is 5.59. The van der Waals surface area contributed by atoms with Gasteiger partial charge in [-0.25, -0.2) is 9.97 Å². The Balaban J connectivity index is 1.73. The molecule has 144 valence electrons. The lowest BCUT2D eigenvalue weighted by Gasteiger charge is -2.24. The Morgan fingerprint density at radius 2 is 2.18 bits per heavy atom. The Labute approximate surface area is 182 Å². The van der Waals surface area contributed by atoms with Crippen LogP contribution < -0.4 is 4.74 Å². The van der Waals surface area contributed by atoms with Gasteiger partial charge in [0.1, 0.15) is 29.0 Å². The number of fused-ring (bicyclic) bond motifs is 1. The van der Waals surface area contributed by atoms with E-state index in [0.717, 1.165) is 4.70 Å². The monoisotopic (exact) mass is 529 g/mol. The molecule has 4 rings (SSSR count). The third kappa shape index (κ3) is 3.30. The molecule has 4 atom stereocenters. The van der Waals surface area contributed by atoms with Crippen LogP contribution in [0.2, 0.25) is 0 Å². The maximum Gasteiger partial charge on any atom is 0.240 e. The summed E-state index contributed by atoms with van der Waals surface area (Å²) in [4.78, 5) is 11.4. The molecule has 0 saturated carbocycles. The highest BCUT2D eigenvalue weighted by atomic mass is 127. The van der Waals surface area contributed by atoms with E-state index in [-0.39, 0.29) is 4.43 Å². The van der Waals surface area contributed by atoms with E-state index in [1.54, 1.807) is 0 Å². The van der Waals surface area contributed by atoms with E-state index in [4.69, 9.17) is 26.6 Å². The first-order valence-corrected chi connectivity index (χ1v) is 11.0. The molecule has 0 unspecified atom stereocenters. The molecule has 0 radical (unpaired) electrons. The molecule has 28 heavy (non-hydrogen) atoms. The molecule has 3 heterocycles. The number of aliphatic hydroxyl groups excluding tert-OH is 1. The normalized spacial score (nSPS) is 26.9. The second-order valence-corrected chi connectivity index (χ2v) is 8.20. The Morgan fingerprint density at radius 3 is 2.89 bits per heavy atom. The van der Waals surface area contributed by atoms with Crippen molar-refractivity contribution in [1.29, 1.82) is 0 Å². The SMILES string of the molecule is [N-]=[N+]=N[C@]1(CI)O[C@@H](c2csc3c(Oc4ccccc4)ncnc23)[C@H](Cl)[C@@H]1O. The van der Waals surface area contributed by atoms with Gasteiger partial charge in [-0.05, 0) is 23.0 Å². The molecule has 1 saturated heterocycles. The summed E-state index contributed by atoms with van der Waals surface area (Å²) in [5.74, 6) is 1.08. The summed E-state index contributed by atoms with van der Waals surface area (Å²) < 4.78 is 12.8. The average molecular weight is 530 g/mol. The van der Waals surface area contributed by atoms with Crippen LogP contribution in [-0.4, -0.2) is 36.7 Å². The van der Waals surface area contributed by atoms with Gasteiger partial charge in [0.15, 0.2) is 5.72 Å². The molecule has 3 aromatic rings. The maximum absolute atomic E-state index is 10.5. The molecule has 2 aromatic heterocycles. The van der Waals surface area contributed by atoms with Gasteiger partial charge in [0.05, 0.1) is 10.9 Å². The molecular formula is C17H13ClIN5O3S. The summed E-state index contributed by atoms with van der Waals surface area (Å²) >= 11 is 9.86. The second kappa shape index (κ2) is 7.97. The van der Waals surface area contributed by atoms with E-state index in [1.165, 1.54) is 17.7 Å². The van der Waals surface area contributed by atoms with Crippen molar-refractivity contribution < 1.29 is 14.6 Å². The number of thiophene rings is 1. The van der Waals surface area contributed by atoms with Crippen LogP contribution in [0.25, 0.3) is 20.7 Å². The number of azide groups is 1. The van der Waals surface area contributed by atoms with Crippen molar-refractivity contribution in [3.8, 4) is 11.6 Å². The van der Waals surface area contributed by atoms with Crippen LogP contribution in [0.4, 0.5) is 0 Å². The van der Waals surface area contributed by atoms with E-state index in [0.29, 0.717) is 22.7 Å². The number of ether oxygens (including phenoxy) is 2. The fourth-order valence-corrected chi connectivity index (χ4v) is 5.16. The average Bonchev–Trinajstić information content (AvgIpc) is 3.25. The highest BCUT2D eigenvalue weighted by molar-refractivity contribution is 14.1. The van der Waals surface area contributed by atoms with E-state index < -0.39 is 23.3 Å². The molecule has 11 heteroatoms. The maximum atomic E-state index is 10.5. The predicted molar refractivity (Wildman–Crippen MR) is 114 cm³/mol. The van der Waals surface area contributed by atoms with E-state index in [2.05, 4.69) is 20.0 Å². The first kappa shape index (κ1) is 19.6. The summed E-state index contributed by atoms with van der Waals surface area (Å²) in [7, 11) is 0. The second-order valence-electron chi connectivity index (χ2n) is 6.06. The van der Waals surface area contributed by atoms with Crippen LogP contribution in [0, 0.1) is 0 Å². The van der Waals surface area contributed by atoms with Gasteiger partial charge in [0.2, 0.25) is 5.88 Å². The number of halogens is 2. The van der Waals surface area contributed by atoms with Crippen molar-refractivity contribution in [3.05, 3.63) is 58.0 Å². The molecule has 0 aliphatic carbocycles. The number of hydrogen-bond acceptors (Lipinski definition) is 7. The third-order valence-electron chi connectivity index (χ3n) is 4.40. The quantitative estimate of drug-likeness (QED) is 0.165. The lowest BCUT2D eigenvalue weighted by Crippen LogP contribution is -2.41. The van der Waals surface area contributed by atoms with Crippen molar-refractivity contribution in [2.24, 2.45) is 5.11 Å². The minimum absolute atomic E-state index is 0.259. The van der Waals surface area contributed by atoms with Gasteiger partial charge < -0.3 is 14.6 Å². The Bertz CT molecular complexity index is 1050. The van der Waals surface area contributed by atoms with Crippen molar-refractivity contribution in [2.75, 3.05) is 4.43 Å². The summed E-state index contributed by atoms with van der Waals surface area (Å²) in [5, 5.41) is 15.3. The lowest BCUT2D eigenvalue weighted by atomic mass is 10.0. The van der Waals surface area contributed by atoms with Crippen LogP contribution >= 0.6 is 45.5 Å². The van der Waals surface area contributed by atoms with Crippen molar-refractivity contribution in [3.63, 3.8) is 0 Å². The van der Waals surface area contributed by atoms with Gasteiger partial charge in [-0.3, -0.25) is 0 Å². The minimum atomic E-state index is -1.42.